The van der Waals surface area contributed by atoms with Crippen LogP contribution in [0.2, 0.25) is 0 Å². The Kier molecular flexibility index (Phi) is 5.29. The Labute approximate surface area is 167 Å². The lowest BCUT2D eigenvalue weighted by Crippen LogP contribution is -2.49. The largest absolute Gasteiger partial charge is 0.459 e. The Hall–Kier alpha value is -3.61. The Morgan fingerprint density at radius 3 is 2.72 bits per heavy atom. The SMILES string of the molecule is O=C(Nc1cccc(N2CCCN(Cc3cccc(F)c3)C2=O)c1)c1ccco1. The maximum Gasteiger partial charge on any atom is 0.324 e. The van der Waals surface area contributed by atoms with Gasteiger partial charge >= 0.3 is 6.03 Å². The summed E-state index contributed by atoms with van der Waals surface area (Å²) in [6.45, 7) is 1.54. The third kappa shape index (κ3) is 4.29. The average molecular weight is 393 g/mol. The van der Waals surface area contributed by atoms with E-state index < -0.39 is 0 Å². The third-order valence-corrected chi connectivity index (χ3v) is 4.73. The number of rotatable bonds is 5. The number of furan rings is 1. The Morgan fingerprint density at radius 1 is 1.07 bits per heavy atom. The molecule has 2 heterocycles. The van der Waals surface area contributed by atoms with Crippen LogP contribution in [0.25, 0.3) is 0 Å². The van der Waals surface area contributed by atoms with Gasteiger partial charge in [0.15, 0.2) is 5.76 Å². The second kappa shape index (κ2) is 8.18. The highest BCUT2D eigenvalue weighted by molar-refractivity contribution is 6.02. The molecule has 7 heteroatoms. The number of hydrogen-bond acceptors (Lipinski definition) is 3. The summed E-state index contributed by atoms with van der Waals surface area (Å²) in [5.74, 6) is -0.459. The summed E-state index contributed by atoms with van der Waals surface area (Å²) in [4.78, 5) is 28.5. The van der Waals surface area contributed by atoms with Crippen LogP contribution in [0.3, 0.4) is 0 Å². The topological polar surface area (TPSA) is 65.8 Å². The molecule has 1 fully saturated rings. The van der Waals surface area contributed by atoms with E-state index in [-0.39, 0.29) is 23.5 Å². The van der Waals surface area contributed by atoms with Gasteiger partial charge in [-0.1, -0.05) is 18.2 Å². The van der Waals surface area contributed by atoms with E-state index in [0.717, 1.165) is 12.0 Å². The molecule has 6 nitrogen and oxygen atoms in total. The zero-order chi connectivity index (χ0) is 20.2. The molecule has 0 radical (unpaired) electrons. The summed E-state index contributed by atoms with van der Waals surface area (Å²) < 4.78 is 18.6. The Balaban J connectivity index is 1.48. The van der Waals surface area contributed by atoms with Crippen LogP contribution in [-0.4, -0.2) is 29.9 Å². The number of hydrogen-bond donors (Lipinski definition) is 1. The average Bonchev–Trinajstić information content (AvgIpc) is 3.25. The molecule has 4 rings (SSSR count). The van der Waals surface area contributed by atoms with Crippen LogP contribution in [-0.2, 0) is 6.54 Å². The highest BCUT2D eigenvalue weighted by Crippen LogP contribution is 2.25. The van der Waals surface area contributed by atoms with Gasteiger partial charge in [-0.2, -0.15) is 0 Å². The zero-order valence-corrected chi connectivity index (χ0v) is 15.7. The molecule has 3 aromatic rings. The maximum absolute atomic E-state index is 13.5. The minimum Gasteiger partial charge on any atom is -0.459 e. The van der Waals surface area contributed by atoms with Crippen LogP contribution in [0, 0.1) is 5.82 Å². The van der Waals surface area contributed by atoms with Crippen molar-refractivity contribution in [3.63, 3.8) is 0 Å². The summed E-state index contributed by atoms with van der Waals surface area (Å²) in [5, 5.41) is 2.77. The number of nitrogens with one attached hydrogen (secondary N) is 1. The summed E-state index contributed by atoms with van der Waals surface area (Å²) in [7, 11) is 0. The number of amides is 3. The van der Waals surface area contributed by atoms with Crippen LogP contribution in [0.4, 0.5) is 20.6 Å². The van der Waals surface area contributed by atoms with Gasteiger partial charge in [-0.3, -0.25) is 9.69 Å². The van der Waals surface area contributed by atoms with Crippen molar-refractivity contribution in [2.45, 2.75) is 13.0 Å². The first kappa shape index (κ1) is 18.7. The fourth-order valence-corrected chi connectivity index (χ4v) is 3.38. The fourth-order valence-electron chi connectivity index (χ4n) is 3.38. The normalized spacial score (nSPS) is 14.2. The zero-order valence-electron chi connectivity index (χ0n) is 15.7. The first-order chi connectivity index (χ1) is 14.1. The van der Waals surface area contributed by atoms with Gasteiger partial charge in [-0.15, -0.1) is 0 Å². The van der Waals surface area contributed by atoms with E-state index in [9.17, 15) is 14.0 Å². The molecule has 0 aliphatic carbocycles. The van der Waals surface area contributed by atoms with Crippen molar-refractivity contribution in [1.29, 1.82) is 0 Å². The molecule has 1 aromatic heterocycles. The molecule has 1 N–H and O–H groups in total. The smallest absolute Gasteiger partial charge is 0.324 e. The highest BCUT2D eigenvalue weighted by Gasteiger charge is 2.27. The van der Waals surface area contributed by atoms with Crippen LogP contribution in [0.5, 0.6) is 0 Å². The van der Waals surface area contributed by atoms with Crippen molar-refractivity contribution in [3.05, 3.63) is 84.1 Å². The molecule has 1 saturated heterocycles. The van der Waals surface area contributed by atoms with Gasteiger partial charge < -0.3 is 14.6 Å². The number of benzene rings is 2. The van der Waals surface area contributed by atoms with Crippen LogP contribution < -0.4 is 10.2 Å². The second-order valence-electron chi connectivity index (χ2n) is 6.82. The van der Waals surface area contributed by atoms with Gasteiger partial charge in [0.1, 0.15) is 5.82 Å². The van der Waals surface area contributed by atoms with Crippen molar-refractivity contribution in [1.82, 2.24) is 4.90 Å². The van der Waals surface area contributed by atoms with E-state index in [1.807, 2.05) is 6.07 Å². The van der Waals surface area contributed by atoms with E-state index in [2.05, 4.69) is 5.32 Å². The minimum atomic E-state index is -0.357. The summed E-state index contributed by atoms with van der Waals surface area (Å²) >= 11 is 0. The molecule has 2 aromatic carbocycles. The number of carbonyl (C=O) groups excluding carboxylic acids is 2. The monoisotopic (exact) mass is 393 g/mol. The first-order valence-corrected chi connectivity index (χ1v) is 9.36. The van der Waals surface area contributed by atoms with E-state index >= 15 is 0 Å². The van der Waals surface area contributed by atoms with Crippen molar-refractivity contribution >= 4 is 23.3 Å². The molecule has 1 aliphatic heterocycles. The number of carbonyl (C=O) groups is 2. The van der Waals surface area contributed by atoms with Gasteiger partial charge in [-0.05, 0) is 54.4 Å². The molecule has 0 unspecified atom stereocenters. The van der Waals surface area contributed by atoms with Gasteiger partial charge in [-0.25, -0.2) is 9.18 Å². The molecule has 0 saturated carbocycles. The van der Waals surface area contributed by atoms with E-state index in [0.29, 0.717) is 31.0 Å². The van der Waals surface area contributed by atoms with Gasteiger partial charge in [0.2, 0.25) is 0 Å². The molecule has 29 heavy (non-hydrogen) atoms. The number of halogens is 1. The second-order valence-corrected chi connectivity index (χ2v) is 6.82. The lowest BCUT2D eigenvalue weighted by atomic mass is 10.1. The number of urea groups is 1. The molecule has 0 bridgehead atoms. The fraction of sp³-hybridized carbons (Fsp3) is 0.182. The Morgan fingerprint density at radius 2 is 1.93 bits per heavy atom. The molecular formula is C22H20FN3O3. The quantitative estimate of drug-likeness (QED) is 0.694. The molecule has 1 aliphatic rings. The molecule has 0 atom stereocenters. The lowest BCUT2D eigenvalue weighted by molar-refractivity contribution is 0.0996. The van der Waals surface area contributed by atoms with E-state index in [1.54, 1.807) is 52.3 Å². The van der Waals surface area contributed by atoms with Crippen LogP contribution in [0.1, 0.15) is 22.5 Å². The van der Waals surface area contributed by atoms with Crippen molar-refractivity contribution in [3.8, 4) is 0 Å². The third-order valence-electron chi connectivity index (χ3n) is 4.73. The highest BCUT2D eigenvalue weighted by atomic mass is 19.1. The van der Waals surface area contributed by atoms with E-state index in [4.69, 9.17) is 4.42 Å². The minimum absolute atomic E-state index is 0.143. The van der Waals surface area contributed by atoms with Crippen molar-refractivity contribution in [2.24, 2.45) is 0 Å². The van der Waals surface area contributed by atoms with Gasteiger partial charge in [0.05, 0.1) is 6.26 Å². The predicted molar refractivity (Wildman–Crippen MR) is 107 cm³/mol. The summed E-state index contributed by atoms with van der Waals surface area (Å²) in [6, 6.07) is 16.5. The molecule has 0 spiro atoms. The first-order valence-electron chi connectivity index (χ1n) is 9.36. The number of nitrogens with zero attached hydrogens (tertiary/aromatic N) is 2. The van der Waals surface area contributed by atoms with E-state index in [1.165, 1.54) is 18.4 Å². The van der Waals surface area contributed by atoms with Gasteiger partial charge in [0.25, 0.3) is 5.91 Å². The molecule has 3 amide bonds. The summed E-state index contributed by atoms with van der Waals surface area (Å²) in [6.07, 6.45) is 2.23. The lowest BCUT2D eigenvalue weighted by Gasteiger charge is -2.35. The van der Waals surface area contributed by atoms with Gasteiger partial charge in [0, 0.05) is 31.0 Å². The number of anilines is 2. The van der Waals surface area contributed by atoms with Crippen LogP contribution in [0.15, 0.2) is 71.3 Å². The standard InChI is InChI=1S/C22H20FN3O3/c23-17-6-1-5-16(13-17)15-25-10-4-11-26(22(25)28)19-8-2-7-18(14-19)24-21(27)20-9-3-12-29-20/h1-3,5-9,12-14H,4,10-11,15H2,(H,24,27). The van der Waals surface area contributed by atoms with Crippen molar-refractivity contribution < 1.29 is 18.4 Å². The summed E-state index contributed by atoms with van der Waals surface area (Å²) in [5.41, 5.74) is 2.01. The molecular weight excluding hydrogens is 373 g/mol. The Bertz CT molecular complexity index is 1020. The maximum atomic E-state index is 13.5. The van der Waals surface area contributed by atoms with Crippen LogP contribution >= 0.6 is 0 Å². The molecule has 148 valence electrons. The predicted octanol–water partition coefficient (Wildman–Crippen LogP) is 4.50. The van der Waals surface area contributed by atoms with Crippen molar-refractivity contribution in [2.75, 3.05) is 23.3 Å².